The minimum Gasteiger partial charge on any atom is -0.327 e. The lowest BCUT2D eigenvalue weighted by atomic mass is 10.6. The molecule has 0 saturated carbocycles. The monoisotopic (exact) mass is 136 g/mol. The van der Waals surface area contributed by atoms with E-state index in [1.807, 2.05) is 19.1 Å². The Labute approximate surface area is 50.8 Å². The fourth-order valence-electron chi connectivity index (χ4n) is 0.179. The number of hydrogen-bond donors (Lipinski definition) is 1. The van der Waals surface area contributed by atoms with Crippen molar-refractivity contribution in [3.63, 3.8) is 0 Å². The fourth-order valence-corrected chi connectivity index (χ4v) is 0.771. The highest BCUT2D eigenvalue weighted by Gasteiger charge is 1.76. The van der Waals surface area contributed by atoms with Gasteiger partial charge in [-0.25, -0.2) is 0 Å². The van der Waals surface area contributed by atoms with Crippen molar-refractivity contribution >= 4 is 20.9 Å². The maximum absolute atomic E-state index is 8.47. The van der Waals surface area contributed by atoms with Crippen LogP contribution in [0.2, 0.25) is 0 Å². The summed E-state index contributed by atoms with van der Waals surface area (Å²) < 4.78 is 8.47. The molecule has 0 amide bonds. The highest BCUT2D eigenvalue weighted by Crippen LogP contribution is 1.75. The van der Waals surface area contributed by atoms with E-state index in [0.717, 1.165) is 0 Å². The molecule has 1 N–H and O–H groups in total. The topological polar surface area (TPSA) is 20.2 Å². The Balaban J connectivity index is 3.14. The van der Waals surface area contributed by atoms with Gasteiger partial charge >= 0.3 is 0 Å². The Morgan fingerprint density at radius 2 is 2.43 bits per heavy atom. The van der Waals surface area contributed by atoms with Crippen LogP contribution in [0.4, 0.5) is 0 Å². The number of rotatable bonds is 2. The molecular weight excluding hydrogens is 128 g/mol. The standard InChI is InChI=1S/C4H8OS2/c1-2-3-4-7(5)6/h2-3H,4H2,1H3,(H,5,6)/b3-2+. The zero-order valence-corrected chi connectivity index (χ0v) is 5.76. The normalized spacial score (nSPS) is 15.1. The summed E-state index contributed by atoms with van der Waals surface area (Å²) in [5.41, 5.74) is 0. The van der Waals surface area contributed by atoms with Crippen LogP contribution in [0.1, 0.15) is 6.92 Å². The molecule has 0 saturated heterocycles. The van der Waals surface area contributed by atoms with Gasteiger partial charge in [-0.2, -0.15) is 0 Å². The first-order chi connectivity index (χ1) is 3.27. The van der Waals surface area contributed by atoms with Crippen LogP contribution in [-0.4, -0.2) is 10.3 Å². The molecule has 0 radical (unpaired) electrons. The van der Waals surface area contributed by atoms with E-state index in [1.165, 1.54) is 0 Å². The van der Waals surface area contributed by atoms with Crippen LogP contribution in [0.25, 0.3) is 0 Å². The van der Waals surface area contributed by atoms with Gasteiger partial charge in [-0.3, -0.25) is 0 Å². The van der Waals surface area contributed by atoms with E-state index in [4.69, 9.17) is 4.55 Å². The summed E-state index contributed by atoms with van der Waals surface area (Å²) in [7, 11) is -0.819. The molecule has 0 fully saturated rings. The van der Waals surface area contributed by atoms with E-state index < -0.39 is 9.74 Å². The lowest BCUT2D eigenvalue weighted by molar-refractivity contribution is 0.659. The molecule has 0 aromatic carbocycles. The second-order valence-electron chi connectivity index (χ2n) is 1.06. The average molecular weight is 136 g/mol. The largest absolute Gasteiger partial charge is 0.327 e. The zero-order valence-electron chi connectivity index (χ0n) is 4.13. The van der Waals surface area contributed by atoms with Gasteiger partial charge in [-0.05, 0) is 18.1 Å². The summed E-state index contributed by atoms with van der Waals surface area (Å²) in [6, 6.07) is 0. The van der Waals surface area contributed by atoms with Crippen molar-refractivity contribution < 1.29 is 4.55 Å². The lowest BCUT2D eigenvalue weighted by Gasteiger charge is -1.83. The molecule has 0 bridgehead atoms. The third kappa shape index (κ3) is 6.27. The molecule has 0 aromatic rings. The highest BCUT2D eigenvalue weighted by atomic mass is 32.8. The van der Waals surface area contributed by atoms with Gasteiger partial charge in [0.25, 0.3) is 0 Å². The van der Waals surface area contributed by atoms with Crippen molar-refractivity contribution in [3.8, 4) is 0 Å². The van der Waals surface area contributed by atoms with Crippen molar-refractivity contribution in [2.24, 2.45) is 0 Å². The van der Waals surface area contributed by atoms with Crippen LogP contribution in [-0.2, 0) is 20.9 Å². The first-order valence-corrected chi connectivity index (χ1v) is 4.23. The summed E-state index contributed by atoms with van der Waals surface area (Å²) in [6.45, 7) is 1.90. The van der Waals surface area contributed by atoms with Crippen molar-refractivity contribution in [2.45, 2.75) is 6.92 Å². The smallest absolute Gasteiger partial charge is 0.0403 e. The number of hydrogen-bond acceptors (Lipinski definition) is 1. The first kappa shape index (κ1) is 7.27. The van der Waals surface area contributed by atoms with Crippen molar-refractivity contribution in [1.82, 2.24) is 0 Å². The molecule has 42 valence electrons. The molecule has 3 heteroatoms. The Bertz CT molecular complexity index is 87.7. The summed E-state index contributed by atoms with van der Waals surface area (Å²) in [5, 5.41) is 0. The minimum absolute atomic E-state index is 0.617. The second kappa shape index (κ2) is 4.43. The SMILES string of the molecule is C/C=C/CS(O)=S. The van der Waals surface area contributed by atoms with E-state index in [-0.39, 0.29) is 0 Å². The van der Waals surface area contributed by atoms with Crippen LogP contribution in [0.5, 0.6) is 0 Å². The third-order valence-electron chi connectivity index (χ3n) is 0.475. The fraction of sp³-hybridized carbons (Fsp3) is 0.500. The summed E-state index contributed by atoms with van der Waals surface area (Å²) in [6.07, 6.45) is 3.73. The molecule has 0 aliphatic rings. The Morgan fingerprint density at radius 1 is 1.86 bits per heavy atom. The molecule has 0 heterocycles. The Kier molecular flexibility index (Phi) is 4.60. The minimum atomic E-state index is -0.819. The van der Waals surface area contributed by atoms with E-state index in [2.05, 4.69) is 11.2 Å². The second-order valence-corrected chi connectivity index (χ2v) is 3.19. The van der Waals surface area contributed by atoms with Gasteiger partial charge in [0, 0.05) is 15.5 Å². The maximum atomic E-state index is 8.47. The predicted octanol–water partition coefficient (Wildman–Crippen LogP) is 1.12. The summed E-state index contributed by atoms with van der Waals surface area (Å²) in [4.78, 5) is 0. The first-order valence-electron chi connectivity index (χ1n) is 1.96. The summed E-state index contributed by atoms with van der Waals surface area (Å²) in [5.74, 6) is 0.617. The van der Waals surface area contributed by atoms with Gasteiger partial charge in [0.15, 0.2) is 0 Å². The van der Waals surface area contributed by atoms with Crippen molar-refractivity contribution in [1.29, 1.82) is 0 Å². The summed E-state index contributed by atoms with van der Waals surface area (Å²) >= 11 is 4.48. The van der Waals surface area contributed by atoms with Gasteiger partial charge in [-0.15, -0.1) is 0 Å². The van der Waals surface area contributed by atoms with Gasteiger partial charge in [0.05, 0.1) is 0 Å². The molecule has 1 nitrogen and oxygen atoms in total. The van der Waals surface area contributed by atoms with Crippen molar-refractivity contribution in [2.75, 3.05) is 5.75 Å². The van der Waals surface area contributed by atoms with Gasteiger partial charge in [0.1, 0.15) is 0 Å². The molecule has 0 rings (SSSR count). The predicted molar refractivity (Wildman–Crippen MR) is 37.0 cm³/mol. The van der Waals surface area contributed by atoms with E-state index in [0.29, 0.717) is 5.75 Å². The third-order valence-corrected chi connectivity index (χ3v) is 1.36. The zero-order chi connectivity index (χ0) is 5.70. The molecular formula is C4H8OS2. The molecule has 0 aromatic heterocycles. The quantitative estimate of drug-likeness (QED) is 0.574. The van der Waals surface area contributed by atoms with Crippen LogP contribution >= 0.6 is 0 Å². The van der Waals surface area contributed by atoms with Crippen LogP contribution in [0, 0.1) is 0 Å². The van der Waals surface area contributed by atoms with E-state index in [1.54, 1.807) is 0 Å². The van der Waals surface area contributed by atoms with Gasteiger partial charge in [-0.1, -0.05) is 12.2 Å². The van der Waals surface area contributed by atoms with Crippen molar-refractivity contribution in [3.05, 3.63) is 12.2 Å². The lowest BCUT2D eigenvalue weighted by Crippen LogP contribution is -1.86. The van der Waals surface area contributed by atoms with Gasteiger partial charge < -0.3 is 4.55 Å². The van der Waals surface area contributed by atoms with E-state index in [9.17, 15) is 0 Å². The van der Waals surface area contributed by atoms with Crippen LogP contribution < -0.4 is 0 Å². The number of allylic oxidation sites excluding steroid dienone is 1. The molecule has 0 spiro atoms. The average Bonchev–Trinajstić information content (AvgIpc) is 1.61. The van der Waals surface area contributed by atoms with Crippen LogP contribution in [0.3, 0.4) is 0 Å². The molecule has 1 unspecified atom stereocenters. The van der Waals surface area contributed by atoms with Crippen LogP contribution in [0.15, 0.2) is 12.2 Å². The Hall–Kier alpha value is 0.270. The molecule has 0 aliphatic heterocycles. The molecule has 0 aliphatic carbocycles. The van der Waals surface area contributed by atoms with Gasteiger partial charge in [0.2, 0.25) is 0 Å². The molecule has 1 atom stereocenters. The maximum Gasteiger partial charge on any atom is 0.0403 e. The molecule has 7 heavy (non-hydrogen) atoms. The van der Waals surface area contributed by atoms with E-state index >= 15 is 0 Å². The highest BCUT2D eigenvalue weighted by molar-refractivity contribution is 8.25. The Morgan fingerprint density at radius 3 is 2.57 bits per heavy atom.